The maximum absolute atomic E-state index is 12.4. The van der Waals surface area contributed by atoms with Gasteiger partial charge in [-0.05, 0) is 57.0 Å². The Bertz CT molecular complexity index is 849. The summed E-state index contributed by atoms with van der Waals surface area (Å²) >= 11 is 0. The summed E-state index contributed by atoms with van der Waals surface area (Å²) < 4.78 is 36.8. The molecule has 1 N–H and O–H groups in total. The van der Waals surface area contributed by atoms with Gasteiger partial charge >= 0.3 is 6.18 Å². The lowest BCUT2D eigenvalue weighted by molar-refractivity contribution is -0.134. The first-order valence-corrected chi connectivity index (χ1v) is 8.83. The minimum absolute atomic E-state index is 0.00238. The van der Waals surface area contributed by atoms with Crippen molar-refractivity contribution in [3.63, 3.8) is 0 Å². The average Bonchev–Trinajstić information content (AvgIpc) is 2.58. The molecule has 0 saturated heterocycles. The van der Waals surface area contributed by atoms with Crippen LogP contribution in [-0.4, -0.2) is 27.8 Å². The molecule has 28 heavy (non-hydrogen) atoms. The first-order chi connectivity index (χ1) is 13.0. The number of aryl methyl sites for hydroxylation is 2. The Morgan fingerprint density at radius 2 is 1.89 bits per heavy atom. The van der Waals surface area contributed by atoms with Gasteiger partial charge in [-0.25, -0.2) is 0 Å². The summed E-state index contributed by atoms with van der Waals surface area (Å²) in [6, 6.07) is 6.14. The first-order valence-electron chi connectivity index (χ1n) is 8.83. The summed E-state index contributed by atoms with van der Waals surface area (Å²) in [5.41, 5.74) is 2.73. The van der Waals surface area contributed by atoms with E-state index in [-0.39, 0.29) is 41.8 Å². The Morgan fingerprint density at radius 1 is 1.18 bits per heavy atom. The molecule has 0 fully saturated rings. The van der Waals surface area contributed by atoms with Crippen LogP contribution in [0.4, 0.5) is 13.2 Å². The molecule has 1 amide bonds. The molecule has 0 aliphatic carbocycles. The zero-order valence-corrected chi connectivity index (χ0v) is 15.9. The molecule has 0 saturated carbocycles. The van der Waals surface area contributed by atoms with E-state index in [1.54, 1.807) is 13.0 Å². The Balaban J connectivity index is 2.04. The SMILES string of the molecule is CC(=O)Cc1cc(C(C)NC(=O)c2ccc(CCC(F)(F)F)nc2)cc(C)n1. The van der Waals surface area contributed by atoms with Gasteiger partial charge < -0.3 is 5.32 Å². The van der Waals surface area contributed by atoms with Crippen molar-refractivity contribution in [3.05, 3.63) is 58.7 Å². The maximum atomic E-state index is 12.4. The van der Waals surface area contributed by atoms with E-state index >= 15 is 0 Å². The van der Waals surface area contributed by atoms with Gasteiger partial charge in [0.25, 0.3) is 5.91 Å². The number of pyridine rings is 2. The van der Waals surface area contributed by atoms with Crippen molar-refractivity contribution in [2.45, 2.75) is 52.3 Å². The predicted octanol–water partition coefficient (Wildman–Crippen LogP) is 3.90. The Morgan fingerprint density at radius 3 is 2.46 bits per heavy atom. The molecule has 2 rings (SSSR count). The third-order valence-corrected chi connectivity index (χ3v) is 4.06. The van der Waals surface area contributed by atoms with Crippen LogP contribution in [0.3, 0.4) is 0 Å². The normalized spacial score (nSPS) is 12.5. The summed E-state index contributed by atoms with van der Waals surface area (Å²) in [7, 11) is 0. The number of Topliss-reactive ketones (excluding diaryl/α,β-unsaturated/α-hetero) is 1. The van der Waals surface area contributed by atoms with Crippen molar-refractivity contribution >= 4 is 11.7 Å². The number of nitrogens with zero attached hydrogens (tertiary/aromatic N) is 2. The van der Waals surface area contributed by atoms with Crippen LogP contribution >= 0.6 is 0 Å². The van der Waals surface area contributed by atoms with Gasteiger partial charge in [0.2, 0.25) is 0 Å². The highest BCUT2D eigenvalue weighted by molar-refractivity contribution is 5.94. The molecule has 2 aromatic heterocycles. The van der Waals surface area contributed by atoms with Gasteiger partial charge in [-0.2, -0.15) is 13.2 Å². The van der Waals surface area contributed by atoms with E-state index in [1.807, 2.05) is 13.0 Å². The average molecular weight is 393 g/mol. The lowest BCUT2D eigenvalue weighted by Gasteiger charge is -2.16. The molecule has 0 spiro atoms. The monoisotopic (exact) mass is 393 g/mol. The van der Waals surface area contributed by atoms with Gasteiger partial charge in [0, 0.05) is 36.1 Å². The molecule has 5 nitrogen and oxygen atoms in total. The fourth-order valence-corrected chi connectivity index (χ4v) is 2.70. The van der Waals surface area contributed by atoms with E-state index in [1.165, 1.54) is 25.3 Å². The summed E-state index contributed by atoms with van der Waals surface area (Å²) in [5.74, 6) is -0.387. The van der Waals surface area contributed by atoms with Crippen LogP contribution in [0.2, 0.25) is 0 Å². The van der Waals surface area contributed by atoms with E-state index in [2.05, 4.69) is 15.3 Å². The topological polar surface area (TPSA) is 72.0 Å². The van der Waals surface area contributed by atoms with Crippen LogP contribution in [0, 0.1) is 6.92 Å². The fourth-order valence-electron chi connectivity index (χ4n) is 2.70. The van der Waals surface area contributed by atoms with Crippen LogP contribution in [0.1, 0.15) is 59.3 Å². The highest BCUT2D eigenvalue weighted by atomic mass is 19.4. The summed E-state index contributed by atoms with van der Waals surface area (Å²) in [6.07, 6.45) is -3.92. The van der Waals surface area contributed by atoms with E-state index in [9.17, 15) is 22.8 Å². The van der Waals surface area contributed by atoms with Crippen LogP contribution in [0.15, 0.2) is 30.5 Å². The molecule has 1 atom stereocenters. The predicted molar refractivity (Wildman–Crippen MR) is 97.9 cm³/mol. The summed E-state index contributed by atoms with van der Waals surface area (Å²) in [4.78, 5) is 32.0. The minimum atomic E-state index is -4.24. The second kappa shape index (κ2) is 8.95. The number of amides is 1. The highest BCUT2D eigenvalue weighted by Gasteiger charge is 2.26. The minimum Gasteiger partial charge on any atom is -0.345 e. The number of ketones is 1. The third kappa shape index (κ3) is 6.75. The van der Waals surface area contributed by atoms with Gasteiger partial charge in [0.15, 0.2) is 0 Å². The molecule has 2 heterocycles. The molecule has 150 valence electrons. The molecule has 1 unspecified atom stereocenters. The molecular formula is C20H22F3N3O2. The number of nitrogens with one attached hydrogen (secondary N) is 1. The zero-order valence-electron chi connectivity index (χ0n) is 15.9. The zero-order chi connectivity index (χ0) is 20.9. The Hall–Kier alpha value is -2.77. The van der Waals surface area contributed by atoms with E-state index in [4.69, 9.17) is 0 Å². The summed E-state index contributed by atoms with van der Waals surface area (Å²) in [5, 5.41) is 2.82. The van der Waals surface area contributed by atoms with E-state index in [0.29, 0.717) is 5.69 Å². The van der Waals surface area contributed by atoms with Crippen molar-refractivity contribution in [2.24, 2.45) is 0 Å². The number of aromatic nitrogens is 2. The quantitative estimate of drug-likeness (QED) is 0.774. The second-order valence-electron chi connectivity index (χ2n) is 6.76. The molecule has 0 aliphatic heterocycles. The van der Waals surface area contributed by atoms with E-state index in [0.717, 1.165) is 11.3 Å². The van der Waals surface area contributed by atoms with E-state index < -0.39 is 12.6 Å². The van der Waals surface area contributed by atoms with Crippen LogP contribution in [-0.2, 0) is 17.6 Å². The summed E-state index contributed by atoms with van der Waals surface area (Å²) in [6.45, 7) is 5.10. The number of halogens is 3. The molecule has 0 aliphatic rings. The van der Waals surface area contributed by atoms with Crippen LogP contribution < -0.4 is 5.32 Å². The third-order valence-electron chi connectivity index (χ3n) is 4.06. The molecule has 0 aromatic carbocycles. The number of carbonyl (C=O) groups excluding carboxylic acids is 2. The van der Waals surface area contributed by atoms with Gasteiger partial charge in [0.05, 0.1) is 11.6 Å². The highest BCUT2D eigenvalue weighted by Crippen LogP contribution is 2.21. The number of rotatable bonds is 7. The van der Waals surface area contributed by atoms with Crippen LogP contribution in [0.5, 0.6) is 0 Å². The lowest BCUT2D eigenvalue weighted by atomic mass is 10.0. The fraction of sp³-hybridized carbons (Fsp3) is 0.400. The smallest absolute Gasteiger partial charge is 0.345 e. The van der Waals surface area contributed by atoms with Crippen molar-refractivity contribution in [2.75, 3.05) is 0 Å². The van der Waals surface area contributed by atoms with Crippen molar-refractivity contribution in [3.8, 4) is 0 Å². The van der Waals surface area contributed by atoms with Crippen LogP contribution in [0.25, 0.3) is 0 Å². The van der Waals surface area contributed by atoms with Gasteiger partial charge in [-0.1, -0.05) is 0 Å². The second-order valence-corrected chi connectivity index (χ2v) is 6.76. The van der Waals surface area contributed by atoms with Crippen molar-refractivity contribution in [1.29, 1.82) is 0 Å². The Kier molecular flexibility index (Phi) is 6.88. The molecular weight excluding hydrogens is 371 g/mol. The Labute approximate surface area is 161 Å². The molecule has 2 aromatic rings. The number of hydrogen-bond acceptors (Lipinski definition) is 4. The standard InChI is InChI=1S/C20H22F3N3O2/c1-12-8-16(10-18(25-12)9-13(2)27)14(3)26-19(28)15-4-5-17(24-11-15)6-7-20(21,22)23/h4-5,8,10-11,14H,6-7,9H2,1-3H3,(H,26,28). The molecule has 0 radical (unpaired) electrons. The van der Waals surface area contributed by atoms with Crippen molar-refractivity contribution < 1.29 is 22.8 Å². The first kappa shape index (κ1) is 21.5. The number of hydrogen-bond donors (Lipinski definition) is 1. The largest absolute Gasteiger partial charge is 0.389 e. The molecule has 0 bridgehead atoms. The lowest BCUT2D eigenvalue weighted by Crippen LogP contribution is -2.27. The van der Waals surface area contributed by atoms with Gasteiger partial charge in [-0.15, -0.1) is 0 Å². The van der Waals surface area contributed by atoms with Gasteiger partial charge in [-0.3, -0.25) is 19.6 Å². The molecule has 8 heteroatoms. The number of alkyl halides is 3. The van der Waals surface area contributed by atoms with Crippen molar-refractivity contribution in [1.82, 2.24) is 15.3 Å². The number of carbonyl (C=O) groups is 2. The maximum Gasteiger partial charge on any atom is 0.389 e. The van der Waals surface area contributed by atoms with Gasteiger partial charge in [0.1, 0.15) is 5.78 Å².